The van der Waals surface area contributed by atoms with Gasteiger partial charge < -0.3 is 18.9 Å². The van der Waals surface area contributed by atoms with Gasteiger partial charge in [-0.1, -0.05) is 24.3 Å². The minimum atomic E-state index is -4.40. The molecule has 13 aliphatic heterocycles. The van der Waals surface area contributed by atoms with E-state index in [0.29, 0.717) is 43.8 Å². The van der Waals surface area contributed by atoms with Gasteiger partial charge in [-0.3, -0.25) is 96.6 Å². The molecule has 48 heteroatoms. The summed E-state index contributed by atoms with van der Waals surface area (Å²) >= 11 is 0. The largest absolute Gasteiger partial charge is 2.00 e. The molecule has 11 saturated heterocycles. The van der Waals surface area contributed by atoms with Crippen molar-refractivity contribution in [1.82, 2.24) is 78.4 Å². The van der Waals surface area contributed by atoms with Gasteiger partial charge in [0.15, 0.2) is 47.3 Å². The van der Waals surface area contributed by atoms with E-state index in [1.165, 1.54) is 78.4 Å². The average molecular weight is 1650 g/mol. The third-order valence-electron chi connectivity index (χ3n) is 23.8. The predicted molar refractivity (Wildman–Crippen MR) is 382 cm³/mol. The van der Waals surface area contributed by atoms with Crippen molar-refractivity contribution in [3.8, 4) is 23.0 Å². The third-order valence-corrected chi connectivity index (χ3v) is 27.0. The Morgan fingerprint density at radius 1 is 0.309 bits per heavy atom. The number of hydrogen-bond acceptors (Lipinski definition) is 20. The summed E-state index contributed by atoms with van der Waals surface area (Å²) in [5.41, 5.74) is -5.49. The summed E-state index contributed by atoms with van der Waals surface area (Å²) in [7, 11) is -17.6. The maximum absolute atomic E-state index is 15.9. The zero-order chi connectivity index (χ0) is 75.1. The van der Waals surface area contributed by atoms with Gasteiger partial charge in [0, 0.05) is 22.3 Å². The van der Waals surface area contributed by atoms with Crippen molar-refractivity contribution in [2.45, 2.75) is 127 Å². The molecule has 0 aliphatic carbocycles. The Balaban J connectivity index is 0.00000266. The zero-order valence-corrected chi connectivity index (χ0v) is 69.0. The summed E-state index contributed by atoms with van der Waals surface area (Å²) in [6.07, 6.45) is -5.86. The van der Waals surface area contributed by atoms with E-state index in [4.69, 9.17) is 18.9 Å². The van der Waals surface area contributed by atoms with E-state index in [-0.39, 0.29) is 193 Å². The fraction of sp³-hybridized carbons (Fsp3) is 0.548. The van der Waals surface area contributed by atoms with Crippen LogP contribution in [0.4, 0.5) is 38.4 Å². The second-order valence-corrected chi connectivity index (χ2v) is 35.3. The van der Waals surface area contributed by atoms with Gasteiger partial charge in [0.05, 0.1) is 75.6 Å². The second kappa shape index (κ2) is 27.6. The molecule has 0 saturated carbocycles. The molecule has 110 heavy (non-hydrogen) atoms. The van der Waals surface area contributed by atoms with Crippen molar-refractivity contribution in [2.75, 3.05) is 89.5 Å². The van der Waals surface area contributed by atoms with Crippen LogP contribution in [0.1, 0.15) is 75.6 Å². The average Bonchev–Trinajstić information content (AvgIpc) is 1.49. The van der Waals surface area contributed by atoms with Crippen LogP contribution in [0.2, 0.25) is 0 Å². The van der Waals surface area contributed by atoms with Gasteiger partial charge in [-0.2, -0.15) is 33.7 Å². The van der Waals surface area contributed by atoms with Crippen molar-refractivity contribution in [3.63, 3.8) is 0 Å². The van der Waals surface area contributed by atoms with E-state index in [1.807, 2.05) is 0 Å². The molecule has 4 aromatic rings. The molecular formula is C62H72Mg4N16O24S4+8. The quantitative estimate of drug-likeness (QED) is 0.0537. The minimum Gasteiger partial charge on any atom is -0.493 e. The summed E-state index contributed by atoms with van der Waals surface area (Å²) in [5.74, 6) is -1.80. The first-order valence-electron chi connectivity index (χ1n) is 34.0. The van der Waals surface area contributed by atoms with Crippen LogP contribution in [0.25, 0.3) is 21.5 Å². The molecular weight excluding hydrogens is 1580 g/mol. The number of carbonyl (C=O) groups excluding carboxylic acids is 8. The third kappa shape index (κ3) is 11.7. The Bertz CT molecular complexity index is 4570. The van der Waals surface area contributed by atoms with Gasteiger partial charge in [-0.15, -0.1) is 0 Å². The van der Waals surface area contributed by atoms with Crippen LogP contribution >= 0.6 is 0 Å². The molecule has 17 rings (SSSR count). The number of benzene rings is 4. The van der Waals surface area contributed by atoms with E-state index in [2.05, 4.69) is 0 Å². The van der Waals surface area contributed by atoms with Gasteiger partial charge in [0.1, 0.15) is 63.0 Å². The molecule has 568 valence electrons. The molecule has 11 fully saturated rings. The van der Waals surface area contributed by atoms with Gasteiger partial charge in [-0.25, -0.2) is 38.4 Å². The van der Waals surface area contributed by atoms with E-state index in [9.17, 15) is 51.9 Å². The van der Waals surface area contributed by atoms with Crippen molar-refractivity contribution >= 4 is 202 Å². The van der Waals surface area contributed by atoms with E-state index in [0.717, 1.165) is 0 Å². The van der Waals surface area contributed by atoms with Gasteiger partial charge >= 0.3 is 140 Å². The molecule has 16 amide bonds. The van der Waals surface area contributed by atoms with Crippen LogP contribution in [0.5, 0.6) is 23.0 Å². The number of urea groups is 8. The smallest absolute Gasteiger partial charge is 0.493 e. The Hall–Kier alpha value is -6.54. The fourth-order valence-electron chi connectivity index (χ4n) is 18.6. The van der Waals surface area contributed by atoms with Crippen LogP contribution in [-0.2, 0) is 66.7 Å². The summed E-state index contributed by atoms with van der Waals surface area (Å²) < 4.78 is 158. The number of ether oxygens (including phenoxy) is 4. The van der Waals surface area contributed by atoms with Crippen molar-refractivity contribution in [1.29, 1.82) is 0 Å². The molecule has 0 spiro atoms. The molecule has 13 aliphatic rings. The van der Waals surface area contributed by atoms with Gasteiger partial charge in [0.25, 0.3) is 40.5 Å². The molecule has 0 atom stereocenters. The molecule has 0 bridgehead atoms. The second-order valence-electron chi connectivity index (χ2n) is 29.0. The zero-order valence-electron chi connectivity index (χ0n) is 60.1. The van der Waals surface area contributed by atoms with E-state index >= 15 is 38.4 Å². The maximum atomic E-state index is 15.9. The van der Waals surface area contributed by atoms with Crippen molar-refractivity contribution in [2.24, 2.45) is 0 Å². The van der Waals surface area contributed by atoms with Crippen LogP contribution in [0, 0.1) is 0 Å². The number of amides is 16. The number of hydrogen-bond donors (Lipinski definition) is 4. The topological polar surface area (TPSA) is 443 Å². The monoisotopic (exact) mass is 1650 g/mol. The van der Waals surface area contributed by atoms with Crippen molar-refractivity contribution < 1.29 is 109 Å². The Morgan fingerprint density at radius 3 is 0.700 bits per heavy atom. The van der Waals surface area contributed by atoms with E-state index in [1.54, 1.807) is 76.2 Å². The summed E-state index contributed by atoms with van der Waals surface area (Å²) in [6, 6.07) is 7.49. The molecule has 4 N–H and O–H groups in total. The fourth-order valence-corrected chi connectivity index (χ4v) is 20.5. The number of carbonyl (C=O) groups is 8. The SMILES string of the molecule is CC12N3Cc4c(OCCCS(=O)(=O)O)ccc5ccc(OCCCS(=O)(=O)O)c(c45)CN1C(=O)N1CN4C(=O)N5CN6C(=O)N7CN8C(=O)N9Cc%10c(OCCCS(=O)(=O)O)ccc%11ccc(OCCCS(=O)(=O)O)c(c%10%11)CN%10C(=O)N(CN%11C(=O)N(CN%12C(=O)N(CN(C3=O)C12C)C4C%125)C6C%117)C8(C)C%109C.[Mg+2].[Mg+2].[Mg+2].[Mg+2]. The predicted octanol–water partition coefficient (Wildman–Crippen LogP) is 0.680. The molecule has 0 radical (unpaired) electrons. The summed E-state index contributed by atoms with van der Waals surface area (Å²) in [5, 5.41) is 2.05. The maximum Gasteiger partial charge on any atom is 2.00 e. The normalized spacial score (nSPS) is 27.3. The number of rotatable bonds is 20. The van der Waals surface area contributed by atoms with Crippen LogP contribution < -0.4 is 18.9 Å². The molecule has 40 nitrogen and oxygen atoms in total. The molecule has 0 aromatic heterocycles. The van der Waals surface area contributed by atoms with Crippen LogP contribution in [-0.4, -0.2) is 408 Å². The summed E-state index contributed by atoms with van der Waals surface area (Å²) in [6.45, 7) is 0.968. The first kappa shape index (κ1) is 81.5. The van der Waals surface area contributed by atoms with E-state index < -0.39 is 199 Å². The first-order chi connectivity index (χ1) is 49.9. The molecule has 4 aromatic carbocycles. The Morgan fingerprint density at radius 2 is 0.500 bits per heavy atom. The standard InChI is InChI=1S/C62H72N16O24S4.4Mg/c1-59-61(3)75-31-67-49-47-63(51(67)79)29-65-48-50-69(53(65)81)33-77-57(85)73-27-39-43(101-19-7-23-105(93,94)95)15-11-36-12-16-44(102-20-8-24-106(96,97)98)40(46(36)39)28-74-58(86)78(62(77,4)60(73,74)2)34-70(50)54(82)66(48)30-64(47)52(80)68(49)32-76(61)56(84)72(59)26-38-42(100-18-6-22-104(90,91)92)14-10-35-9-13-41(99-17-5-21-103(87,88)89)37(45(35)38)25-71(59)55(75)83;;;;/h9-16,47-50H,5-8,17-34H2,1-4H3,(H,87,88,89)(H,90,91,92)(H,93,94,95)(H,96,97,98);;;;/q;4*+2. The van der Waals surface area contributed by atoms with Crippen LogP contribution in [0.15, 0.2) is 48.5 Å². The van der Waals surface area contributed by atoms with Gasteiger partial charge in [-0.05, 0) is 99.2 Å². The first-order valence-corrected chi connectivity index (χ1v) is 40.5. The number of nitrogens with zero attached hydrogens (tertiary/aromatic N) is 16. The summed E-state index contributed by atoms with van der Waals surface area (Å²) in [4.78, 5) is 149. The minimum absolute atomic E-state index is 0. The molecule has 13 heterocycles. The Labute approximate surface area is 694 Å². The van der Waals surface area contributed by atoms with Gasteiger partial charge in [0.2, 0.25) is 0 Å². The van der Waals surface area contributed by atoms with Crippen LogP contribution in [0.3, 0.4) is 0 Å². The molecule has 0 unspecified atom stereocenters. The Kier molecular flexibility index (Phi) is 20.5. The van der Waals surface area contributed by atoms with Crippen molar-refractivity contribution in [3.05, 3.63) is 70.8 Å².